The molecule has 15 heavy (non-hydrogen) atoms. The Hall–Kier alpha value is -1.68. The Morgan fingerprint density at radius 3 is 3.07 bits per heavy atom. The molecule has 4 nitrogen and oxygen atoms in total. The fourth-order valence-electron chi connectivity index (χ4n) is 2.16. The first-order chi connectivity index (χ1) is 7.34. The van der Waals surface area contributed by atoms with Gasteiger partial charge in [-0.15, -0.1) is 0 Å². The van der Waals surface area contributed by atoms with E-state index in [0.717, 1.165) is 18.8 Å². The van der Waals surface area contributed by atoms with Gasteiger partial charge in [0.25, 0.3) is 0 Å². The van der Waals surface area contributed by atoms with Gasteiger partial charge in [-0.2, -0.15) is 15.4 Å². The smallest absolute Gasteiger partial charge is 0.113 e. The summed E-state index contributed by atoms with van der Waals surface area (Å²) in [7, 11) is 2.13. The van der Waals surface area contributed by atoms with E-state index in [4.69, 9.17) is 0 Å². The lowest BCUT2D eigenvalue weighted by atomic mass is 10.0. The third-order valence-corrected chi connectivity index (χ3v) is 2.83. The molecule has 2 aromatic rings. The van der Waals surface area contributed by atoms with Gasteiger partial charge in [-0.05, 0) is 18.2 Å². The number of rotatable bonds is 1. The maximum Gasteiger partial charge on any atom is 0.113 e. The number of aromatic nitrogens is 3. The van der Waals surface area contributed by atoms with E-state index in [-0.39, 0.29) is 0 Å². The molecule has 1 N–H and O–H groups in total. The highest BCUT2D eigenvalue weighted by atomic mass is 15.3. The molecule has 0 unspecified atom stereocenters. The zero-order valence-corrected chi connectivity index (χ0v) is 8.57. The van der Waals surface area contributed by atoms with Crippen LogP contribution in [0.25, 0.3) is 11.3 Å². The first kappa shape index (κ1) is 8.61. The van der Waals surface area contributed by atoms with Crippen LogP contribution in [0.2, 0.25) is 0 Å². The van der Waals surface area contributed by atoms with Crippen molar-refractivity contribution in [2.75, 3.05) is 7.05 Å². The van der Waals surface area contributed by atoms with Gasteiger partial charge in [0, 0.05) is 18.7 Å². The maximum atomic E-state index is 4.13. The molecule has 0 radical (unpaired) electrons. The number of nitrogens with one attached hydrogen (secondary N) is 1. The van der Waals surface area contributed by atoms with E-state index < -0.39 is 0 Å². The van der Waals surface area contributed by atoms with E-state index in [1.807, 2.05) is 0 Å². The number of H-pyrrole nitrogens is 1. The molecule has 1 aromatic carbocycles. The summed E-state index contributed by atoms with van der Waals surface area (Å²) in [6.45, 7) is 2.03. The molecule has 3 rings (SSSR count). The zero-order chi connectivity index (χ0) is 10.3. The minimum absolute atomic E-state index is 0.933. The summed E-state index contributed by atoms with van der Waals surface area (Å²) >= 11 is 0. The van der Waals surface area contributed by atoms with Crippen molar-refractivity contribution >= 4 is 0 Å². The van der Waals surface area contributed by atoms with Crippen molar-refractivity contribution in [2.45, 2.75) is 13.1 Å². The maximum absolute atomic E-state index is 4.13. The lowest BCUT2D eigenvalue weighted by molar-refractivity contribution is 0.353. The summed E-state index contributed by atoms with van der Waals surface area (Å²) in [5.74, 6) is 0. The van der Waals surface area contributed by atoms with E-state index in [1.54, 1.807) is 6.20 Å². The average Bonchev–Trinajstić information content (AvgIpc) is 2.82. The number of hydrogen-bond acceptors (Lipinski definition) is 3. The van der Waals surface area contributed by atoms with Crippen LogP contribution in [0.4, 0.5) is 0 Å². The molecule has 1 aliphatic heterocycles. The molecule has 0 bridgehead atoms. The quantitative estimate of drug-likeness (QED) is 0.757. The molecule has 1 aromatic heterocycles. The zero-order valence-electron chi connectivity index (χ0n) is 8.57. The molecule has 4 heteroatoms. The minimum Gasteiger partial charge on any atom is -0.298 e. The van der Waals surface area contributed by atoms with Gasteiger partial charge in [-0.1, -0.05) is 18.2 Å². The van der Waals surface area contributed by atoms with Crippen molar-refractivity contribution in [3.63, 3.8) is 0 Å². The van der Waals surface area contributed by atoms with Crippen molar-refractivity contribution in [1.82, 2.24) is 20.3 Å². The van der Waals surface area contributed by atoms with Crippen molar-refractivity contribution in [3.05, 3.63) is 35.5 Å². The van der Waals surface area contributed by atoms with Crippen LogP contribution in [-0.2, 0) is 13.1 Å². The highest BCUT2D eigenvalue weighted by Crippen LogP contribution is 2.30. The summed E-state index contributed by atoms with van der Waals surface area (Å²) in [6.07, 6.45) is 1.77. The number of benzene rings is 1. The van der Waals surface area contributed by atoms with Gasteiger partial charge >= 0.3 is 0 Å². The predicted octanol–water partition coefficient (Wildman–Crippen LogP) is 1.42. The van der Waals surface area contributed by atoms with Gasteiger partial charge in [0.05, 0.1) is 6.20 Å². The normalized spacial score (nSPS) is 15.5. The Bertz CT molecular complexity index is 475. The third-order valence-electron chi connectivity index (χ3n) is 2.83. The van der Waals surface area contributed by atoms with Gasteiger partial charge in [0.15, 0.2) is 0 Å². The Morgan fingerprint density at radius 2 is 2.27 bits per heavy atom. The summed E-state index contributed by atoms with van der Waals surface area (Å²) in [6, 6.07) is 6.38. The molecular weight excluding hydrogens is 188 g/mol. The van der Waals surface area contributed by atoms with E-state index in [1.165, 1.54) is 16.7 Å². The Morgan fingerprint density at radius 1 is 1.33 bits per heavy atom. The molecule has 0 saturated heterocycles. The SMILES string of the molecule is CN1Cc2cccc(-c3cn[nH]n3)c2C1. The van der Waals surface area contributed by atoms with Crippen LogP contribution >= 0.6 is 0 Å². The number of nitrogens with zero attached hydrogens (tertiary/aromatic N) is 3. The monoisotopic (exact) mass is 200 g/mol. The van der Waals surface area contributed by atoms with Crippen LogP contribution in [-0.4, -0.2) is 27.4 Å². The molecule has 76 valence electrons. The van der Waals surface area contributed by atoms with Crippen molar-refractivity contribution in [3.8, 4) is 11.3 Å². The van der Waals surface area contributed by atoms with Crippen LogP contribution < -0.4 is 0 Å². The summed E-state index contributed by atoms with van der Waals surface area (Å²) < 4.78 is 0. The van der Waals surface area contributed by atoms with E-state index in [0.29, 0.717) is 0 Å². The van der Waals surface area contributed by atoms with Gasteiger partial charge in [-0.25, -0.2) is 0 Å². The highest BCUT2D eigenvalue weighted by molar-refractivity contribution is 5.65. The Kier molecular flexibility index (Phi) is 1.82. The Balaban J connectivity index is 2.15. The van der Waals surface area contributed by atoms with Crippen LogP contribution in [0.5, 0.6) is 0 Å². The standard InChI is InChI=1S/C11H12N4/c1-15-6-8-3-2-4-9(10(8)7-15)11-5-12-14-13-11/h2-5H,6-7H2,1H3,(H,12,13,14). The number of fused-ring (bicyclic) bond motifs is 1. The van der Waals surface area contributed by atoms with Gasteiger partial charge in [0.1, 0.15) is 5.69 Å². The minimum atomic E-state index is 0.933. The van der Waals surface area contributed by atoms with E-state index in [9.17, 15) is 0 Å². The summed E-state index contributed by atoms with van der Waals surface area (Å²) in [4.78, 5) is 2.30. The van der Waals surface area contributed by atoms with Crippen LogP contribution in [0.1, 0.15) is 11.1 Å². The van der Waals surface area contributed by atoms with Crippen molar-refractivity contribution < 1.29 is 0 Å². The van der Waals surface area contributed by atoms with Crippen LogP contribution in [0, 0.1) is 0 Å². The van der Waals surface area contributed by atoms with Gasteiger partial charge in [-0.3, -0.25) is 4.90 Å². The third kappa shape index (κ3) is 1.34. The molecule has 0 spiro atoms. The lowest BCUT2D eigenvalue weighted by Crippen LogP contribution is -2.07. The fraction of sp³-hybridized carbons (Fsp3) is 0.273. The molecule has 0 aliphatic carbocycles. The largest absolute Gasteiger partial charge is 0.298 e. The fourth-order valence-corrected chi connectivity index (χ4v) is 2.16. The molecule has 0 saturated carbocycles. The molecule has 0 amide bonds. The topological polar surface area (TPSA) is 44.8 Å². The number of hydrogen-bond donors (Lipinski definition) is 1. The average molecular weight is 200 g/mol. The van der Waals surface area contributed by atoms with E-state index in [2.05, 4.69) is 45.6 Å². The second-order valence-electron chi connectivity index (χ2n) is 3.97. The van der Waals surface area contributed by atoms with E-state index >= 15 is 0 Å². The first-order valence-corrected chi connectivity index (χ1v) is 5.00. The molecule has 0 atom stereocenters. The van der Waals surface area contributed by atoms with Gasteiger partial charge < -0.3 is 0 Å². The Labute approximate surface area is 87.9 Å². The highest BCUT2D eigenvalue weighted by Gasteiger charge is 2.19. The van der Waals surface area contributed by atoms with Crippen LogP contribution in [0.15, 0.2) is 24.4 Å². The van der Waals surface area contributed by atoms with Gasteiger partial charge in [0.2, 0.25) is 0 Å². The second-order valence-corrected chi connectivity index (χ2v) is 3.97. The molecular formula is C11H12N4. The predicted molar refractivity (Wildman–Crippen MR) is 57.0 cm³/mol. The summed E-state index contributed by atoms with van der Waals surface area (Å²) in [5, 5.41) is 10.6. The van der Waals surface area contributed by atoms with Crippen molar-refractivity contribution in [2.24, 2.45) is 0 Å². The molecule has 0 fully saturated rings. The second kappa shape index (κ2) is 3.17. The van der Waals surface area contributed by atoms with Crippen LogP contribution in [0.3, 0.4) is 0 Å². The lowest BCUT2D eigenvalue weighted by Gasteiger charge is -2.05. The first-order valence-electron chi connectivity index (χ1n) is 5.00. The number of aromatic amines is 1. The summed E-state index contributed by atoms with van der Waals surface area (Å²) in [5.41, 5.74) is 4.92. The molecule has 1 aliphatic rings. The molecule has 2 heterocycles. The van der Waals surface area contributed by atoms with Crippen molar-refractivity contribution in [1.29, 1.82) is 0 Å².